The van der Waals surface area contributed by atoms with Gasteiger partial charge in [0.2, 0.25) is 5.91 Å². The van der Waals surface area contributed by atoms with Crippen molar-refractivity contribution < 1.29 is 9.53 Å². The lowest BCUT2D eigenvalue weighted by molar-refractivity contribution is -0.122. The number of likely N-dealkylation sites (tertiary alicyclic amines) is 1. The van der Waals surface area contributed by atoms with Crippen molar-refractivity contribution >= 4 is 5.91 Å². The van der Waals surface area contributed by atoms with Gasteiger partial charge < -0.3 is 10.1 Å². The van der Waals surface area contributed by atoms with Gasteiger partial charge in [-0.25, -0.2) is 0 Å². The average Bonchev–Trinajstić information content (AvgIpc) is 2.91. The molecule has 0 spiro atoms. The van der Waals surface area contributed by atoms with Crippen LogP contribution in [0.1, 0.15) is 36.8 Å². The number of carbonyl (C=O) groups excluding carboxylic acids is 1. The molecule has 2 fully saturated rings. The number of ether oxygens (including phenoxy) is 1. The second-order valence-corrected chi connectivity index (χ2v) is 7.17. The van der Waals surface area contributed by atoms with E-state index in [1.807, 2.05) is 0 Å². The van der Waals surface area contributed by atoms with Gasteiger partial charge in [-0.05, 0) is 37.1 Å². The highest BCUT2D eigenvalue weighted by Crippen LogP contribution is 2.10. The Balaban J connectivity index is 1.39. The zero-order valence-electron chi connectivity index (χ0n) is 15.2. The van der Waals surface area contributed by atoms with Gasteiger partial charge in [0.15, 0.2) is 0 Å². The summed E-state index contributed by atoms with van der Waals surface area (Å²) in [7, 11) is 0. The van der Waals surface area contributed by atoms with Crippen LogP contribution in [0, 0.1) is 0 Å². The van der Waals surface area contributed by atoms with Crippen molar-refractivity contribution in [2.75, 3.05) is 45.9 Å². The summed E-state index contributed by atoms with van der Waals surface area (Å²) in [5, 5.41) is 3.06. The molecule has 2 aliphatic rings. The predicted octanol–water partition coefficient (Wildman–Crippen LogP) is 2.01. The van der Waals surface area contributed by atoms with E-state index in [9.17, 15) is 4.79 Å². The first kappa shape index (κ1) is 18.4. The van der Waals surface area contributed by atoms with Crippen molar-refractivity contribution in [2.24, 2.45) is 0 Å². The molecular formula is C20H31N3O2. The summed E-state index contributed by atoms with van der Waals surface area (Å²) in [4.78, 5) is 16.9. The molecule has 2 aliphatic heterocycles. The summed E-state index contributed by atoms with van der Waals surface area (Å²) in [5.74, 6) is 0.138. The summed E-state index contributed by atoms with van der Waals surface area (Å²) >= 11 is 0. The van der Waals surface area contributed by atoms with E-state index in [4.69, 9.17) is 4.74 Å². The van der Waals surface area contributed by atoms with Crippen LogP contribution in [0.3, 0.4) is 0 Å². The first-order valence-electron chi connectivity index (χ1n) is 9.66. The zero-order valence-corrected chi connectivity index (χ0v) is 15.2. The predicted molar refractivity (Wildman–Crippen MR) is 99.3 cm³/mol. The number of morpholine rings is 1. The second-order valence-electron chi connectivity index (χ2n) is 7.17. The molecule has 25 heavy (non-hydrogen) atoms. The molecule has 0 bridgehead atoms. The summed E-state index contributed by atoms with van der Waals surface area (Å²) in [5.41, 5.74) is 2.48. The van der Waals surface area contributed by atoms with Gasteiger partial charge in [0.1, 0.15) is 0 Å². The molecule has 5 nitrogen and oxygen atoms in total. The van der Waals surface area contributed by atoms with Crippen LogP contribution in [-0.4, -0.2) is 61.6 Å². The van der Waals surface area contributed by atoms with E-state index in [1.54, 1.807) is 0 Å². The number of rotatable bonds is 6. The van der Waals surface area contributed by atoms with Crippen molar-refractivity contribution in [2.45, 2.75) is 38.8 Å². The molecule has 2 saturated heterocycles. The first-order chi connectivity index (χ1) is 12.3. The van der Waals surface area contributed by atoms with Gasteiger partial charge in [-0.15, -0.1) is 0 Å². The number of hydrogen-bond acceptors (Lipinski definition) is 4. The summed E-state index contributed by atoms with van der Waals surface area (Å²) in [6, 6.07) is 8.60. The molecule has 1 amide bonds. The van der Waals surface area contributed by atoms with Crippen LogP contribution in [0.5, 0.6) is 0 Å². The minimum Gasteiger partial charge on any atom is -0.379 e. The SMILES string of the molecule is O=C(CN1CCCCCC1)NCc1ccc(CN2CCOCC2)cc1. The molecular weight excluding hydrogens is 314 g/mol. The highest BCUT2D eigenvalue weighted by molar-refractivity contribution is 5.78. The van der Waals surface area contributed by atoms with Crippen molar-refractivity contribution in [3.8, 4) is 0 Å². The first-order valence-corrected chi connectivity index (χ1v) is 9.66. The van der Waals surface area contributed by atoms with E-state index in [0.717, 1.165) is 51.5 Å². The quantitative estimate of drug-likeness (QED) is 0.857. The molecule has 0 aliphatic carbocycles. The largest absolute Gasteiger partial charge is 0.379 e. The number of amides is 1. The minimum atomic E-state index is 0.138. The lowest BCUT2D eigenvalue weighted by atomic mass is 10.1. The smallest absolute Gasteiger partial charge is 0.234 e. The Kier molecular flexibility index (Phi) is 7.27. The van der Waals surface area contributed by atoms with Gasteiger partial charge >= 0.3 is 0 Å². The topological polar surface area (TPSA) is 44.8 Å². The maximum absolute atomic E-state index is 12.2. The Morgan fingerprint density at radius 2 is 1.52 bits per heavy atom. The minimum absolute atomic E-state index is 0.138. The Hall–Kier alpha value is -1.43. The highest BCUT2D eigenvalue weighted by Gasteiger charge is 2.13. The van der Waals surface area contributed by atoms with E-state index in [1.165, 1.54) is 31.2 Å². The molecule has 2 heterocycles. The lowest BCUT2D eigenvalue weighted by Gasteiger charge is -2.26. The number of benzene rings is 1. The van der Waals surface area contributed by atoms with Gasteiger partial charge in [0.25, 0.3) is 0 Å². The summed E-state index contributed by atoms with van der Waals surface area (Å²) < 4.78 is 5.39. The number of nitrogens with zero attached hydrogens (tertiary/aromatic N) is 2. The molecule has 3 rings (SSSR count). The molecule has 1 aromatic carbocycles. The van der Waals surface area contributed by atoms with Crippen LogP contribution in [0.2, 0.25) is 0 Å². The van der Waals surface area contributed by atoms with Crippen LogP contribution in [0.4, 0.5) is 0 Å². The van der Waals surface area contributed by atoms with E-state index >= 15 is 0 Å². The third kappa shape index (κ3) is 6.42. The Bertz CT molecular complexity index is 518. The number of hydrogen-bond donors (Lipinski definition) is 1. The normalized spacial score (nSPS) is 20.2. The van der Waals surface area contributed by atoms with Crippen molar-refractivity contribution in [1.82, 2.24) is 15.1 Å². The second kappa shape index (κ2) is 9.90. The molecule has 1 N–H and O–H groups in total. The molecule has 0 atom stereocenters. The Morgan fingerprint density at radius 1 is 0.880 bits per heavy atom. The molecule has 5 heteroatoms. The van der Waals surface area contributed by atoms with Gasteiger partial charge in [-0.1, -0.05) is 37.1 Å². The summed E-state index contributed by atoms with van der Waals surface area (Å²) in [6.07, 6.45) is 5.04. The molecule has 0 radical (unpaired) electrons. The van der Waals surface area contributed by atoms with E-state index in [-0.39, 0.29) is 5.91 Å². The van der Waals surface area contributed by atoms with Crippen LogP contribution < -0.4 is 5.32 Å². The molecule has 0 unspecified atom stereocenters. The van der Waals surface area contributed by atoms with E-state index in [2.05, 4.69) is 39.4 Å². The van der Waals surface area contributed by atoms with Crippen LogP contribution in [0.15, 0.2) is 24.3 Å². The van der Waals surface area contributed by atoms with Crippen molar-refractivity contribution in [3.05, 3.63) is 35.4 Å². The van der Waals surface area contributed by atoms with Crippen LogP contribution in [-0.2, 0) is 22.6 Å². The number of nitrogens with one attached hydrogen (secondary N) is 1. The van der Waals surface area contributed by atoms with Gasteiger partial charge in [-0.2, -0.15) is 0 Å². The summed E-state index contributed by atoms with van der Waals surface area (Å²) in [6.45, 7) is 7.93. The Morgan fingerprint density at radius 3 is 2.20 bits per heavy atom. The van der Waals surface area contributed by atoms with Crippen molar-refractivity contribution in [3.63, 3.8) is 0 Å². The molecule has 0 aromatic heterocycles. The highest BCUT2D eigenvalue weighted by atomic mass is 16.5. The zero-order chi connectivity index (χ0) is 17.3. The third-order valence-electron chi connectivity index (χ3n) is 5.09. The Labute approximate surface area is 151 Å². The lowest BCUT2D eigenvalue weighted by Crippen LogP contribution is -2.37. The molecule has 0 saturated carbocycles. The maximum atomic E-state index is 12.2. The van der Waals surface area contributed by atoms with Gasteiger partial charge in [0, 0.05) is 26.2 Å². The van der Waals surface area contributed by atoms with Gasteiger partial charge in [0.05, 0.1) is 19.8 Å². The maximum Gasteiger partial charge on any atom is 0.234 e. The fraction of sp³-hybridized carbons (Fsp3) is 0.650. The van der Waals surface area contributed by atoms with Crippen LogP contribution >= 0.6 is 0 Å². The standard InChI is InChI=1S/C20H31N3O2/c24-20(17-22-9-3-1-2-4-10-22)21-15-18-5-7-19(8-6-18)16-23-11-13-25-14-12-23/h5-8H,1-4,9-17H2,(H,21,24). The van der Waals surface area contributed by atoms with Crippen molar-refractivity contribution in [1.29, 1.82) is 0 Å². The van der Waals surface area contributed by atoms with E-state index < -0.39 is 0 Å². The fourth-order valence-corrected chi connectivity index (χ4v) is 3.53. The molecule has 1 aromatic rings. The van der Waals surface area contributed by atoms with E-state index in [0.29, 0.717) is 13.1 Å². The molecule has 138 valence electrons. The monoisotopic (exact) mass is 345 g/mol. The van der Waals surface area contributed by atoms with Crippen LogP contribution in [0.25, 0.3) is 0 Å². The average molecular weight is 345 g/mol. The number of carbonyl (C=O) groups is 1. The fourth-order valence-electron chi connectivity index (χ4n) is 3.53. The third-order valence-corrected chi connectivity index (χ3v) is 5.09. The van der Waals surface area contributed by atoms with Gasteiger partial charge in [-0.3, -0.25) is 14.6 Å².